The summed E-state index contributed by atoms with van der Waals surface area (Å²) in [5, 5.41) is 0. The van der Waals surface area contributed by atoms with Gasteiger partial charge in [0.25, 0.3) is 0 Å². The quantitative estimate of drug-likeness (QED) is 0.611. The topological polar surface area (TPSA) is 0 Å². The van der Waals surface area contributed by atoms with Crippen LogP contribution in [0.5, 0.6) is 0 Å². The van der Waals surface area contributed by atoms with Crippen molar-refractivity contribution >= 4 is 0 Å². The summed E-state index contributed by atoms with van der Waals surface area (Å²) in [4.78, 5) is 0. The molecule has 0 aliphatic heterocycles. The average Bonchev–Trinajstić information content (AvgIpc) is 2.21. The van der Waals surface area contributed by atoms with Crippen molar-refractivity contribution in [3.8, 4) is 0 Å². The standard InChI is InChI=1S/2C7H8.Fe/c2*1-7-5-3-2-4-6-7;/h2*2-6H,1H3;. The molecular formula is C14H16Fe. The minimum Gasteiger partial charge on any atom is -0.0622 e. The first-order valence-electron chi connectivity index (χ1n) is 4.82. The largest absolute Gasteiger partial charge is 0.0622 e. The van der Waals surface area contributed by atoms with Crippen molar-refractivity contribution in [3.63, 3.8) is 0 Å². The van der Waals surface area contributed by atoms with Crippen LogP contribution < -0.4 is 0 Å². The molecule has 0 amide bonds. The third kappa shape index (κ3) is 6.96. The van der Waals surface area contributed by atoms with Crippen LogP contribution >= 0.6 is 0 Å². The van der Waals surface area contributed by atoms with E-state index in [9.17, 15) is 0 Å². The van der Waals surface area contributed by atoms with Gasteiger partial charge in [-0.05, 0) is 13.8 Å². The summed E-state index contributed by atoms with van der Waals surface area (Å²) in [6.07, 6.45) is 0. The average molecular weight is 240 g/mol. The molecule has 1 heteroatoms. The van der Waals surface area contributed by atoms with Gasteiger partial charge >= 0.3 is 0 Å². The molecule has 0 unspecified atom stereocenters. The zero-order valence-electron chi connectivity index (χ0n) is 9.13. The van der Waals surface area contributed by atoms with Crippen molar-refractivity contribution in [1.29, 1.82) is 0 Å². The van der Waals surface area contributed by atoms with E-state index in [1.165, 1.54) is 11.1 Å². The van der Waals surface area contributed by atoms with Crippen molar-refractivity contribution in [2.45, 2.75) is 13.8 Å². The third-order valence-corrected chi connectivity index (χ3v) is 1.88. The zero-order valence-corrected chi connectivity index (χ0v) is 10.2. The Kier molecular flexibility index (Phi) is 7.71. The molecule has 0 heterocycles. The Bertz CT molecular complexity index is 303. The number of aryl methyl sites for hydroxylation is 2. The van der Waals surface area contributed by atoms with Gasteiger partial charge in [-0.2, -0.15) is 0 Å². The van der Waals surface area contributed by atoms with Gasteiger partial charge in [-0.15, -0.1) is 0 Å². The van der Waals surface area contributed by atoms with E-state index in [0.29, 0.717) is 0 Å². The molecule has 0 aliphatic carbocycles. The molecule has 0 aromatic heterocycles. The molecule has 0 aliphatic rings. The molecule has 2 rings (SSSR count). The van der Waals surface area contributed by atoms with Gasteiger partial charge in [-0.3, -0.25) is 0 Å². The number of hydrogen-bond donors (Lipinski definition) is 0. The summed E-state index contributed by atoms with van der Waals surface area (Å²) in [6, 6.07) is 20.5. The van der Waals surface area contributed by atoms with Gasteiger partial charge in [0.1, 0.15) is 0 Å². The maximum Gasteiger partial charge on any atom is 0 e. The van der Waals surface area contributed by atoms with Gasteiger partial charge in [-0.1, -0.05) is 71.8 Å². The molecule has 0 nitrogen and oxygen atoms in total. The molecule has 0 saturated heterocycles. The van der Waals surface area contributed by atoms with Crippen LogP contribution in [0.2, 0.25) is 0 Å². The summed E-state index contributed by atoms with van der Waals surface area (Å²) in [5.41, 5.74) is 2.64. The Labute approximate surface area is 103 Å². The van der Waals surface area contributed by atoms with E-state index in [4.69, 9.17) is 0 Å². The van der Waals surface area contributed by atoms with Gasteiger partial charge in [0.05, 0.1) is 0 Å². The Balaban J connectivity index is 0.000000245. The van der Waals surface area contributed by atoms with E-state index in [2.05, 4.69) is 38.1 Å². The Morgan fingerprint density at radius 3 is 0.933 bits per heavy atom. The molecule has 0 saturated carbocycles. The van der Waals surface area contributed by atoms with Crippen LogP contribution in [-0.4, -0.2) is 0 Å². The third-order valence-electron chi connectivity index (χ3n) is 1.88. The van der Waals surface area contributed by atoms with Crippen LogP contribution in [0.4, 0.5) is 0 Å². The van der Waals surface area contributed by atoms with Crippen LogP contribution in [0.3, 0.4) is 0 Å². The minimum absolute atomic E-state index is 0. The summed E-state index contributed by atoms with van der Waals surface area (Å²) < 4.78 is 0. The second-order valence-electron chi connectivity index (χ2n) is 3.31. The molecule has 0 N–H and O–H groups in total. The molecule has 0 fully saturated rings. The van der Waals surface area contributed by atoms with Gasteiger partial charge < -0.3 is 0 Å². The molecule has 0 bridgehead atoms. The Morgan fingerprint density at radius 2 is 0.800 bits per heavy atom. The fourth-order valence-electron chi connectivity index (χ4n) is 1.07. The van der Waals surface area contributed by atoms with Crippen LogP contribution in [0, 0.1) is 13.8 Å². The van der Waals surface area contributed by atoms with Crippen molar-refractivity contribution in [3.05, 3.63) is 71.8 Å². The minimum atomic E-state index is 0. The monoisotopic (exact) mass is 240 g/mol. The normalized spacial score (nSPS) is 8.13. The first-order chi connectivity index (χ1) is 6.79. The van der Waals surface area contributed by atoms with Crippen molar-refractivity contribution < 1.29 is 17.1 Å². The van der Waals surface area contributed by atoms with Crippen molar-refractivity contribution in [2.75, 3.05) is 0 Å². The molecule has 0 radical (unpaired) electrons. The fraction of sp³-hybridized carbons (Fsp3) is 0.143. The summed E-state index contributed by atoms with van der Waals surface area (Å²) in [6.45, 7) is 4.17. The SMILES string of the molecule is Cc1ccccc1.Cc1ccccc1.[Fe]. The Morgan fingerprint density at radius 1 is 0.533 bits per heavy atom. The van der Waals surface area contributed by atoms with E-state index in [1.54, 1.807) is 0 Å². The van der Waals surface area contributed by atoms with Gasteiger partial charge in [-0.25, -0.2) is 0 Å². The number of rotatable bonds is 0. The fourth-order valence-corrected chi connectivity index (χ4v) is 1.07. The predicted molar refractivity (Wildman–Crippen MR) is 62.4 cm³/mol. The summed E-state index contributed by atoms with van der Waals surface area (Å²) in [7, 11) is 0. The van der Waals surface area contributed by atoms with Gasteiger partial charge in [0.2, 0.25) is 0 Å². The van der Waals surface area contributed by atoms with E-state index in [0.717, 1.165) is 0 Å². The van der Waals surface area contributed by atoms with Crippen molar-refractivity contribution in [2.24, 2.45) is 0 Å². The first kappa shape index (κ1) is 14.0. The smallest absolute Gasteiger partial charge is 0 e. The van der Waals surface area contributed by atoms with Crippen LogP contribution in [0.25, 0.3) is 0 Å². The molecule has 80 valence electrons. The summed E-state index contributed by atoms with van der Waals surface area (Å²) >= 11 is 0. The second kappa shape index (κ2) is 8.28. The Hall–Kier alpha value is -1.04. The van der Waals surface area contributed by atoms with E-state index >= 15 is 0 Å². The van der Waals surface area contributed by atoms with Crippen molar-refractivity contribution in [1.82, 2.24) is 0 Å². The maximum absolute atomic E-state index is 2.08. The molecular weight excluding hydrogens is 224 g/mol. The van der Waals surface area contributed by atoms with E-state index in [1.807, 2.05) is 36.4 Å². The van der Waals surface area contributed by atoms with E-state index < -0.39 is 0 Å². The second-order valence-corrected chi connectivity index (χ2v) is 3.31. The first-order valence-corrected chi connectivity index (χ1v) is 4.82. The molecule has 0 atom stereocenters. The molecule has 2 aromatic carbocycles. The van der Waals surface area contributed by atoms with Crippen LogP contribution in [-0.2, 0) is 17.1 Å². The maximum atomic E-state index is 2.08. The van der Waals surface area contributed by atoms with Gasteiger partial charge in [0, 0.05) is 17.1 Å². The van der Waals surface area contributed by atoms with Crippen LogP contribution in [0.15, 0.2) is 60.7 Å². The predicted octanol–water partition coefficient (Wildman–Crippen LogP) is 3.99. The molecule has 0 spiro atoms. The molecule has 2 aromatic rings. The molecule has 15 heavy (non-hydrogen) atoms. The van der Waals surface area contributed by atoms with E-state index in [-0.39, 0.29) is 17.1 Å². The zero-order chi connectivity index (χ0) is 10.2. The number of hydrogen-bond acceptors (Lipinski definition) is 0. The summed E-state index contributed by atoms with van der Waals surface area (Å²) in [5.74, 6) is 0. The van der Waals surface area contributed by atoms with Crippen LogP contribution in [0.1, 0.15) is 11.1 Å². The van der Waals surface area contributed by atoms with Gasteiger partial charge in [0.15, 0.2) is 0 Å². The number of benzene rings is 2.